The lowest BCUT2D eigenvalue weighted by molar-refractivity contribution is -0.123. The van der Waals surface area contributed by atoms with Gasteiger partial charge in [-0.15, -0.1) is 0 Å². The first-order chi connectivity index (χ1) is 16.1. The van der Waals surface area contributed by atoms with Gasteiger partial charge in [-0.2, -0.15) is 0 Å². The quantitative estimate of drug-likeness (QED) is 0.558. The molecule has 1 aliphatic rings. The largest absolute Gasteiger partial charge is 0.495 e. The third-order valence-corrected chi connectivity index (χ3v) is 7.15. The Hall–Kier alpha value is -3.15. The Morgan fingerprint density at radius 3 is 2.44 bits per heavy atom. The minimum atomic E-state index is -3.78. The van der Waals surface area contributed by atoms with Crippen molar-refractivity contribution in [1.29, 1.82) is 0 Å². The molecule has 0 unspecified atom stereocenters. The number of nitrogens with one attached hydrogen (secondary N) is 1. The number of amides is 1. The van der Waals surface area contributed by atoms with E-state index in [0.717, 1.165) is 4.31 Å². The summed E-state index contributed by atoms with van der Waals surface area (Å²) in [5, 5.41) is 2.68. The van der Waals surface area contributed by atoms with Gasteiger partial charge in [0.05, 0.1) is 42.2 Å². The molecule has 1 saturated heterocycles. The van der Waals surface area contributed by atoms with Crippen molar-refractivity contribution < 1.29 is 32.2 Å². The van der Waals surface area contributed by atoms with Crippen molar-refractivity contribution in [3.05, 3.63) is 48.0 Å². The first-order valence-electron chi connectivity index (χ1n) is 10.7. The number of para-hydroxylation sites is 2. The third-order valence-electron chi connectivity index (χ3n) is 5.34. The number of anilines is 2. The van der Waals surface area contributed by atoms with Crippen LogP contribution in [0.1, 0.15) is 17.3 Å². The van der Waals surface area contributed by atoms with E-state index in [2.05, 4.69) is 5.32 Å². The fourth-order valence-electron chi connectivity index (χ4n) is 3.39. The van der Waals surface area contributed by atoms with E-state index in [1.807, 2.05) is 4.90 Å². The van der Waals surface area contributed by atoms with Gasteiger partial charge >= 0.3 is 5.97 Å². The average molecular weight is 492 g/mol. The second-order valence-electron chi connectivity index (χ2n) is 7.80. The minimum Gasteiger partial charge on any atom is -0.495 e. The fourth-order valence-corrected chi connectivity index (χ4v) is 4.32. The van der Waals surface area contributed by atoms with E-state index >= 15 is 0 Å². The van der Waals surface area contributed by atoms with Gasteiger partial charge in [-0.3, -0.25) is 4.79 Å². The summed E-state index contributed by atoms with van der Waals surface area (Å²) in [6.45, 7) is 3.46. The SMILES string of the molecule is COc1ccccc1NC(=O)[C@@H](C)OC(=O)c1cc(S(=O)(=O)N(C)C)ccc1N1CCOCC1. The van der Waals surface area contributed by atoms with E-state index in [-0.39, 0.29) is 10.5 Å². The van der Waals surface area contributed by atoms with Gasteiger partial charge in [0.2, 0.25) is 10.0 Å². The van der Waals surface area contributed by atoms with Crippen molar-refractivity contribution in [1.82, 2.24) is 4.31 Å². The molecule has 11 heteroatoms. The number of morpholine rings is 1. The summed E-state index contributed by atoms with van der Waals surface area (Å²) < 4.78 is 42.4. The van der Waals surface area contributed by atoms with Crippen molar-refractivity contribution in [2.24, 2.45) is 0 Å². The van der Waals surface area contributed by atoms with Gasteiger partial charge in [0.25, 0.3) is 5.91 Å². The van der Waals surface area contributed by atoms with Crippen molar-refractivity contribution in [3.8, 4) is 5.75 Å². The Morgan fingerprint density at radius 2 is 1.79 bits per heavy atom. The summed E-state index contributed by atoms with van der Waals surface area (Å²) in [5.41, 5.74) is 1.01. The second kappa shape index (κ2) is 10.9. The van der Waals surface area contributed by atoms with Crippen LogP contribution >= 0.6 is 0 Å². The number of carbonyl (C=O) groups is 2. The van der Waals surface area contributed by atoms with Gasteiger partial charge in [-0.05, 0) is 37.3 Å². The van der Waals surface area contributed by atoms with Crippen LogP contribution in [-0.4, -0.2) is 78.2 Å². The highest BCUT2D eigenvalue weighted by molar-refractivity contribution is 7.89. The van der Waals surface area contributed by atoms with E-state index < -0.39 is 28.0 Å². The summed E-state index contributed by atoms with van der Waals surface area (Å²) >= 11 is 0. The maximum Gasteiger partial charge on any atom is 0.341 e. The van der Waals surface area contributed by atoms with Crippen LogP contribution in [0, 0.1) is 0 Å². The standard InChI is InChI=1S/C23H29N3O7S/c1-16(22(27)24-19-7-5-6-8-21(19)31-4)33-23(28)18-15-17(34(29,30)25(2)3)9-10-20(18)26-11-13-32-14-12-26/h5-10,15-16H,11-14H2,1-4H3,(H,24,27)/t16-/m1/s1. The Morgan fingerprint density at radius 1 is 1.12 bits per heavy atom. The van der Waals surface area contributed by atoms with Gasteiger partial charge in [0.15, 0.2) is 6.10 Å². The molecule has 1 N–H and O–H groups in total. The molecule has 0 saturated carbocycles. The van der Waals surface area contributed by atoms with Gasteiger partial charge in [0, 0.05) is 27.2 Å². The van der Waals surface area contributed by atoms with Crippen LogP contribution in [-0.2, 0) is 24.3 Å². The van der Waals surface area contributed by atoms with Crippen LogP contribution in [0.5, 0.6) is 5.75 Å². The molecule has 1 heterocycles. The lowest BCUT2D eigenvalue weighted by atomic mass is 10.1. The van der Waals surface area contributed by atoms with E-state index in [9.17, 15) is 18.0 Å². The smallest absolute Gasteiger partial charge is 0.341 e. The number of esters is 1. The Labute approximate surface area is 199 Å². The normalized spacial score (nSPS) is 15.0. The summed E-state index contributed by atoms with van der Waals surface area (Å²) in [7, 11) is 0.518. The number of carbonyl (C=O) groups excluding carboxylic acids is 2. The predicted molar refractivity (Wildman–Crippen MR) is 127 cm³/mol. The summed E-state index contributed by atoms with van der Waals surface area (Å²) in [6.07, 6.45) is -1.15. The Bertz CT molecular complexity index is 1150. The molecule has 0 spiro atoms. The zero-order valence-electron chi connectivity index (χ0n) is 19.6. The highest BCUT2D eigenvalue weighted by atomic mass is 32.2. The van der Waals surface area contributed by atoms with Crippen molar-refractivity contribution in [3.63, 3.8) is 0 Å². The summed E-state index contributed by atoms with van der Waals surface area (Å²) in [6, 6.07) is 11.2. The highest BCUT2D eigenvalue weighted by Crippen LogP contribution is 2.28. The Kier molecular flexibility index (Phi) is 8.13. The molecule has 1 atom stereocenters. The lowest BCUT2D eigenvalue weighted by Crippen LogP contribution is -2.37. The molecular formula is C23H29N3O7S. The number of sulfonamides is 1. The number of hydrogen-bond acceptors (Lipinski definition) is 8. The predicted octanol–water partition coefficient (Wildman–Crippen LogP) is 1.97. The van der Waals surface area contributed by atoms with Crippen LogP contribution < -0.4 is 15.0 Å². The number of methoxy groups -OCH3 is 1. The van der Waals surface area contributed by atoms with Gasteiger partial charge in [0.1, 0.15) is 5.75 Å². The molecule has 0 radical (unpaired) electrons. The molecule has 0 aromatic heterocycles. The molecule has 1 amide bonds. The molecule has 0 bridgehead atoms. The summed E-state index contributed by atoms with van der Waals surface area (Å²) in [5.74, 6) is -0.895. The molecule has 2 aromatic rings. The van der Waals surface area contributed by atoms with E-state index in [1.54, 1.807) is 30.3 Å². The highest BCUT2D eigenvalue weighted by Gasteiger charge is 2.27. The lowest BCUT2D eigenvalue weighted by Gasteiger charge is -2.30. The van der Waals surface area contributed by atoms with Crippen molar-refractivity contribution in [2.75, 3.05) is 57.7 Å². The molecule has 34 heavy (non-hydrogen) atoms. The average Bonchev–Trinajstić information content (AvgIpc) is 2.84. The number of hydrogen-bond donors (Lipinski definition) is 1. The number of rotatable bonds is 8. The molecule has 1 aliphatic heterocycles. The number of nitrogens with zero attached hydrogens (tertiary/aromatic N) is 2. The first kappa shape index (κ1) is 25.5. The molecule has 0 aliphatic carbocycles. The molecular weight excluding hydrogens is 462 g/mol. The monoisotopic (exact) mass is 491 g/mol. The van der Waals surface area contributed by atoms with Crippen LogP contribution in [0.25, 0.3) is 0 Å². The molecule has 1 fully saturated rings. The summed E-state index contributed by atoms with van der Waals surface area (Å²) in [4.78, 5) is 27.7. The van der Waals surface area contributed by atoms with Crippen LogP contribution in [0.15, 0.2) is 47.4 Å². The van der Waals surface area contributed by atoms with E-state index in [1.165, 1.54) is 40.3 Å². The van der Waals surface area contributed by atoms with Gasteiger partial charge < -0.3 is 24.4 Å². The van der Waals surface area contributed by atoms with Crippen LogP contribution in [0.3, 0.4) is 0 Å². The van der Waals surface area contributed by atoms with Crippen LogP contribution in [0.2, 0.25) is 0 Å². The number of benzene rings is 2. The second-order valence-corrected chi connectivity index (χ2v) is 9.95. The third kappa shape index (κ3) is 5.66. The first-order valence-corrected chi connectivity index (χ1v) is 12.1. The van der Waals surface area contributed by atoms with Gasteiger partial charge in [-0.25, -0.2) is 17.5 Å². The molecule has 184 valence electrons. The zero-order chi connectivity index (χ0) is 24.9. The minimum absolute atomic E-state index is 0.0485. The fraction of sp³-hybridized carbons (Fsp3) is 0.391. The van der Waals surface area contributed by atoms with Gasteiger partial charge in [-0.1, -0.05) is 12.1 Å². The van der Waals surface area contributed by atoms with Crippen molar-refractivity contribution in [2.45, 2.75) is 17.9 Å². The molecule has 3 rings (SSSR count). The maximum atomic E-state index is 13.2. The Balaban J connectivity index is 1.86. The topological polar surface area (TPSA) is 114 Å². The maximum absolute atomic E-state index is 13.2. The molecule has 10 nitrogen and oxygen atoms in total. The van der Waals surface area contributed by atoms with E-state index in [4.69, 9.17) is 14.2 Å². The van der Waals surface area contributed by atoms with Crippen LogP contribution in [0.4, 0.5) is 11.4 Å². The molecule has 2 aromatic carbocycles. The van der Waals surface area contributed by atoms with E-state index in [0.29, 0.717) is 43.4 Å². The van der Waals surface area contributed by atoms with Crippen molar-refractivity contribution >= 4 is 33.3 Å². The zero-order valence-corrected chi connectivity index (χ0v) is 20.4. The number of ether oxygens (including phenoxy) is 3.